The van der Waals surface area contributed by atoms with Gasteiger partial charge in [0.05, 0.1) is 5.92 Å². The normalized spacial score (nSPS) is 13.3. The maximum absolute atomic E-state index is 11.8. The number of anilines is 1. The van der Waals surface area contributed by atoms with Gasteiger partial charge in [-0.25, -0.2) is 0 Å². The number of aliphatic hydroxyl groups is 1. The smallest absolute Gasteiger partial charge is 0.226 e. The summed E-state index contributed by atoms with van der Waals surface area (Å²) in [5.74, 6) is 0.835. The Balaban J connectivity index is 0.000000358. The minimum Gasteiger partial charge on any atom is -0.396 e. The van der Waals surface area contributed by atoms with Gasteiger partial charge in [0.2, 0.25) is 5.91 Å². The highest BCUT2D eigenvalue weighted by Gasteiger charge is 2.25. The highest BCUT2D eigenvalue weighted by molar-refractivity contribution is 5.80. The monoisotopic (exact) mass is 624 g/mol. The van der Waals surface area contributed by atoms with Gasteiger partial charge in [-0.2, -0.15) is 0 Å². The van der Waals surface area contributed by atoms with Gasteiger partial charge in [0.1, 0.15) is 0 Å². The molecular weight excluding hydrogens is 564 g/mol. The van der Waals surface area contributed by atoms with E-state index in [1.54, 1.807) is 7.05 Å². The van der Waals surface area contributed by atoms with Crippen molar-refractivity contribution in [1.29, 1.82) is 0 Å². The van der Waals surface area contributed by atoms with Crippen molar-refractivity contribution in [2.75, 3.05) is 25.1 Å². The van der Waals surface area contributed by atoms with Crippen LogP contribution < -0.4 is 10.2 Å². The molecule has 3 aromatic rings. The lowest BCUT2D eigenvalue weighted by Gasteiger charge is -2.28. The number of hydrogen-bond donors (Lipinski definition) is 2. The molecule has 0 aromatic heterocycles. The van der Waals surface area contributed by atoms with Crippen LogP contribution in [-0.2, 0) is 11.2 Å². The van der Waals surface area contributed by atoms with Gasteiger partial charge in [-0.1, -0.05) is 143 Å². The molecule has 0 saturated heterocycles. The predicted molar refractivity (Wildman–Crippen MR) is 201 cm³/mol. The highest BCUT2D eigenvalue weighted by Crippen LogP contribution is 2.30. The van der Waals surface area contributed by atoms with Crippen LogP contribution in [0.1, 0.15) is 82.4 Å². The molecule has 0 heterocycles. The van der Waals surface area contributed by atoms with Crippen molar-refractivity contribution in [3.05, 3.63) is 133 Å². The summed E-state index contributed by atoms with van der Waals surface area (Å²) in [6.07, 6.45) is 15.4. The first-order valence-electron chi connectivity index (χ1n) is 17.1. The Bertz CT molecular complexity index is 1240. The van der Waals surface area contributed by atoms with E-state index in [1.165, 1.54) is 55.3 Å². The summed E-state index contributed by atoms with van der Waals surface area (Å²) in [6, 6.07) is 28.7. The number of nitrogens with one attached hydrogen (secondary N) is 1. The Labute approximate surface area is 281 Å². The second-order valence-corrected chi connectivity index (χ2v) is 11.2. The maximum atomic E-state index is 11.8. The minimum atomic E-state index is 0.0955. The van der Waals surface area contributed by atoms with E-state index in [0.717, 1.165) is 30.6 Å². The lowest BCUT2D eigenvalue weighted by molar-refractivity contribution is -0.124. The molecule has 1 aliphatic rings. The molecular formula is C42H60N2O2. The van der Waals surface area contributed by atoms with E-state index in [2.05, 4.69) is 72.8 Å². The first-order chi connectivity index (χ1) is 22.5. The Hall–Kier alpha value is -3.89. The summed E-state index contributed by atoms with van der Waals surface area (Å²) < 4.78 is 0. The SMILES string of the molecule is C/C=C/C(C(=O)NC)C1CCCCCC1.C=CCCN(C(=C)c1ccccc1)c1ccccc1C.CC.OCCc1ccccc1. The zero-order chi connectivity index (χ0) is 34.0. The Kier molecular flexibility index (Phi) is 22.1. The first kappa shape index (κ1) is 40.1. The van der Waals surface area contributed by atoms with Crippen LogP contribution in [0.25, 0.3) is 5.70 Å². The van der Waals surface area contributed by atoms with Crippen molar-refractivity contribution in [3.8, 4) is 0 Å². The van der Waals surface area contributed by atoms with Gasteiger partial charge in [-0.15, -0.1) is 6.58 Å². The van der Waals surface area contributed by atoms with Crippen LogP contribution in [0.5, 0.6) is 0 Å². The summed E-state index contributed by atoms with van der Waals surface area (Å²) in [6.45, 7) is 17.4. The van der Waals surface area contributed by atoms with Gasteiger partial charge in [0.15, 0.2) is 0 Å². The van der Waals surface area contributed by atoms with Crippen molar-refractivity contribution in [2.24, 2.45) is 11.8 Å². The molecule has 1 aliphatic carbocycles. The van der Waals surface area contributed by atoms with Crippen LogP contribution in [0.2, 0.25) is 0 Å². The first-order valence-corrected chi connectivity index (χ1v) is 17.1. The van der Waals surface area contributed by atoms with Crippen LogP contribution >= 0.6 is 0 Å². The van der Waals surface area contributed by atoms with Crippen LogP contribution in [0.4, 0.5) is 5.69 Å². The van der Waals surface area contributed by atoms with Crippen molar-refractivity contribution in [3.63, 3.8) is 0 Å². The van der Waals surface area contributed by atoms with Crippen LogP contribution in [0.3, 0.4) is 0 Å². The van der Waals surface area contributed by atoms with Crippen molar-refractivity contribution in [2.45, 2.75) is 79.1 Å². The fourth-order valence-corrected chi connectivity index (χ4v) is 5.55. The molecule has 46 heavy (non-hydrogen) atoms. The van der Waals surface area contributed by atoms with E-state index in [1.807, 2.05) is 81.5 Å². The van der Waals surface area contributed by atoms with Crippen molar-refractivity contribution < 1.29 is 9.90 Å². The molecule has 0 spiro atoms. The number of allylic oxidation sites excluding steroid dienone is 1. The molecule has 1 saturated carbocycles. The third kappa shape index (κ3) is 14.9. The number of amides is 1. The quantitative estimate of drug-likeness (QED) is 0.165. The predicted octanol–water partition coefficient (Wildman–Crippen LogP) is 10.2. The molecule has 4 heteroatoms. The summed E-state index contributed by atoms with van der Waals surface area (Å²) in [5.41, 5.74) is 5.85. The number of aryl methyl sites for hydroxylation is 1. The van der Waals surface area contributed by atoms with E-state index in [4.69, 9.17) is 5.11 Å². The van der Waals surface area contributed by atoms with E-state index in [9.17, 15) is 4.79 Å². The van der Waals surface area contributed by atoms with Gasteiger partial charge < -0.3 is 15.3 Å². The number of carbonyl (C=O) groups is 1. The topological polar surface area (TPSA) is 52.6 Å². The number of carbonyl (C=O) groups excluding carboxylic acids is 1. The van der Waals surface area contributed by atoms with Crippen LogP contribution in [-0.4, -0.2) is 31.2 Å². The average molecular weight is 625 g/mol. The summed E-state index contributed by atoms with van der Waals surface area (Å²) in [7, 11) is 1.73. The largest absolute Gasteiger partial charge is 0.396 e. The van der Waals surface area contributed by atoms with Gasteiger partial charge in [-0.3, -0.25) is 4.79 Å². The van der Waals surface area contributed by atoms with Gasteiger partial charge in [-0.05, 0) is 68.2 Å². The number of hydrogen-bond acceptors (Lipinski definition) is 3. The summed E-state index contributed by atoms with van der Waals surface area (Å²) in [4.78, 5) is 14.0. The van der Waals surface area contributed by atoms with Gasteiger partial charge >= 0.3 is 0 Å². The third-order valence-corrected chi connectivity index (χ3v) is 8.00. The highest BCUT2D eigenvalue weighted by atomic mass is 16.3. The zero-order valence-corrected chi connectivity index (χ0v) is 29.3. The Morgan fingerprint density at radius 2 is 1.50 bits per heavy atom. The number of aliphatic hydroxyl groups excluding tert-OH is 1. The molecule has 1 unspecified atom stereocenters. The van der Waals surface area contributed by atoms with Crippen molar-refractivity contribution in [1.82, 2.24) is 5.32 Å². The van der Waals surface area contributed by atoms with E-state index in [0.29, 0.717) is 5.92 Å². The molecule has 0 bridgehead atoms. The maximum Gasteiger partial charge on any atom is 0.226 e. The second kappa shape index (κ2) is 25.3. The zero-order valence-electron chi connectivity index (χ0n) is 29.3. The van der Waals surface area contributed by atoms with Gasteiger partial charge in [0.25, 0.3) is 0 Å². The molecule has 3 aromatic carbocycles. The van der Waals surface area contributed by atoms with Gasteiger partial charge in [0, 0.05) is 31.6 Å². The number of benzene rings is 3. The molecule has 1 fully saturated rings. The summed E-state index contributed by atoms with van der Waals surface area (Å²) >= 11 is 0. The molecule has 250 valence electrons. The molecule has 1 atom stereocenters. The number of rotatable bonds is 11. The van der Waals surface area contributed by atoms with Crippen LogP contribution in [0, 0.1) is 18.8 Å². The fourth-order valence-electron chi connectivity index (χ4n) is 5.55. The number of nitrogens with zero attached hydrogens (tertiary/aromatic N) is 1. The standard InChI is InChI=1S/C19H21N.C13H23NO.C8H10O.C2H6/c1-4-5-15-20(19-14-10-9-11-16(19)2)17(3)18-12-7-6-8-13-18;1-3-8-12(13(15)14-2)11-9-6-4-5-7-10-11;9-7-6-8-4-2-1-3-5-8;1-2/h4,6-14H,1,3,5,15H2,2H3;3,8,11-12H,4-7,9-10H2,1-2H3,(H,14,15);1-5,9H,6-7H2;1-2H3/b;8-3+;;. The van der Waals surface area contributed by atoms with E-state index in [-0.39, 0.29) is 18.4 Å². The second-order valence-electron chi connectivity index (χ2n) is 11.2. The molecule has 4 nitrogen and oxygen atoms in total. The molecule has 0 aliphatic heterocycles. The molecule has 0 radical (unpaired) electrons. The fraction of sp³-hybridized carbons (Fsp3) is 0.405. The number of para-hydroxylation sites is 1. The van der Waals surface area contributed by atoms with Crippen LogP contribution in [0.15, 0.2) is 116 Å². The third-order valence-electron chi connectivity index (χ3n) is 8.00. The summed E-state index contributed by atoms with van der Waals surface area (Å²) in [5, 5.41) is 11.3. The molecule has 2 N–H and O–H groups in total. The Morgan fingerprint density at radius 3 is 2.02 bits per heavy atom. The lowest BCUT2D eigenvalue weighted by Crippen LogP contribution is -2.31. The molecule has 4 rings (SSSR count). The molecule has 1 amide bonds. The van der Waals surface area contributed by atoms with E-state index >= 15 is 0 Å². The lowest BCUT2D eigenvalue weighted by atomic mass is 9.85. The van der Waals surface area contributed by atoms with Crippen molar-refractivity contribution >= 4 is 17.3 Å². The Morgan fingerprint density at radius 1 is 0.935 bits per heavy atom. The average Bonchev–Trinajstić information content (AvgIpc) is 3.40. The minimum absolute atomic E-state index is 0.0955. The van der Waals surface area contributed by atoms with E-state index < -0.39 is 0 Å².